The second-order valence-corrected chi connectivity index (χ2v) is 5.97. The number of unbranched alkanes of at least 4 members (excludes halogenated alkanes) is 2. The smallest absolute Gasteiger partial charge is 0.00127 e. The summed E-state index contributed by atoms with van der Waals surface area (Å²) in [5, 5.41) is 0. The predicted octanol–water partition coefficient (Wildman–Crippen LogP) is 5.16. The van der Waals surface area contributed by atoms with Crippen LogP contribution >= 0.6 is 0 Å². The van der Waals surface area contributed by atoms with E-state index >= 15 is 0 Å². The molecule has 1 unspecified atom stereocenters. The molecule has 114 valence electrons. The van der Waals surface area contributed by atoms with Gasteiger partial charge in [-0.05, 0) is 43.8 Å². The summed E-state index contributed by atoms with van der Waals surface area (Å²) >= 11 is 0. The fraction of sp³-hybridized carbons (Fsp3) is 0.684. The van der Waals surface area contributed by atoms with Gasteiger partial charge in [0.1, 0.15) is 0 Å². The standard InChI is InChI=1S/C19H33N/c1-4-7-14-20(15-8-5-2)17-18(6-3)16-19-12-10-9-11-13-19/h9-13,18H,4-8,14-17H2,1-3H3. The molecule has 0 saturated carbocycles. The van der Waals surface area contributed by atoms with Gasteiger partial charge in [-0.2, -0.15) is 0 Å². The van der Waals surface area contributed by atoms with Crippen LogP contribution in [0.5, 0.6) is 0 Å². The van der Waals surface area contributed by atoms with Crippen molar-refractivity contribution in [1.29, 1.82) is 0 Å². The Labute approximate surface area is 126 Å². The Hall–Kier alpha value is -0.820. The van der Waals surface area contributed by atoms with Gasteiger partial charge in [-0.1, -0.05) is 70.4 Å². The third-order valence-corrected chi connectivity index (χ3v) is 4.12. The van der Waals surface area contributed by atoms with Crippen molar-refractivity contribution >= 4 is 0 Å². The number of hydrogen-bond donors (Lipinski definition) is 0. The van der Waals surface area contributed by atoms with Crippen molar-refractivity contribution in [2.75, 3.05) is 19.6 Å². The number of hydrogen-bond acceptors (Lipinski definition) is 1. The average Bonchev–Trinajstić information content (AvgIpc) is 2.50. The van der Waals surface area contributed by atoms with E-state index in [4.69, 9.17) is 0 Å². The van der Waals surface area contributed by atoms with Crippen LogP contribution in [-0.4, -0.2) is 24.5 Å². The Morgan fingerprint density at radius 3 is 2.00 bits per heavy atom. The van der Waals surface area contributed by atoms with Crippen LogP contribution in [0.4, 0.5) is 0 Å². The van der Waals surface area contributed by atoms with Gasteiger partial charge in [0.15, 0.2) is 0 Å². The van der Waals surface area contributed by atoms with E-state index in [0.717, 1.165) is 5.92 Å². The fourth-order valence-corrected chi connectivity index (χ4v) is 2.71. The van der Waals surface area contributed by atoms with E-state index in [9.17, 15) is 0 Å². The summed E-state index contributed by atoms with van der Waals surface area (Å²) in [6.07, 6.45) is 7.79. The van der Waals surface area contributed by atoms with Gasteiger partial charge < -0.3 is 4.90 Å². The molecule has 0 aliphatic carbocycles. The third kappa shape index (κ3) is 7.09. The molecule has 20 heavy (non-hydrogen) atoms. The molecule has 0 bridgehead atoms. The zero-order chi connectivity index (χ0) is 14.6. The number of nitrogens with zero attached hydrogens (tertiary/aromatic N) is 1. The fourth-order valence-electron chi connectivity index (χ4n) is 2.71. The van der Waals surface area contributed by atoms with Crippen LogP contribution in [0.1, 0.15) is 58.4 Å². The lowest BCUT2D eigenvalue weighted by Crippen LogP contribution is -2.32. The first-order chi connectivity index (χ1) is 9.80. The summed E-state index contributed by atoms with van der Waals surface area (Å²) in [6, 6.07) is 11.0. The van der Waals surface area contributed by atoms with Gasteiger partial charge in [0.2, 0.25) is 0 Å². The summed E-state index contributed by atoms with van der Waals surface area (Å²) in [5.41, 5.74) is 1.49. The van der Waals surface area contributed by atoms with Crippen LogP contribution in [0.25, 0.3) is 0 Å². The zero-order valence-electron chi connectivity index (χ0n) is 13.8. The summed E-state index contributed by atoms with van der Waals surface area (Å²) < 4.78 is 0. The van der Waals surface area contributed by atoms with Gasteiger partial charge in [0, 0.05) is 6.54 Å². The van der Waals surface area contributed by atoms with E-state index in [1.807, 2.05) is 0 Å². The molecule has 1 rings (SSSR count). The SMILES string of the molecule is CCCCN(CCCC)CC(CC)Cc1ccccc1. The first-order valence-corrected chi connectivity index (χ1v) is 8.56. The average molecular weight is 275 g/mol. The maximum Gasteiger partial charge on any atom is 0.00127 e. The molecule has 0 aliphatic rings. The quantitative estimate of drug-likeness (QED) is 0.539. The molecule has 0 spiro atoms. The molecule has 1 atom stereocenters. The van der Waals surface area contributed by atoms with Gasteiger partial charge in [-0.3, -0.25) is 0 Å². The van der Waals surface area contributed by atoms with Crippen LogP contribution < -0.4 is 0 Å². The van der Waals surface area contributed by atoms with Gasteiger partial charge in [-0.15, -0.1) is 0 Å². The molecule has 0 aromatic heterocycles. The zero-order valence-corrected chi connectivity index (χ0v) is 13.8. The van der Waals surface area contributed by atoms with Crippen molar-refractivity contribution in [3.8, 4) is 0 Å². The molecule has 0 N–H and O–H groups in total. The van der Waals surface area contributed by atoms with Gasteiger partial charge in [-0.25, -0.2) is 0 Å². The van der Waals surface area contributed by atoms with Gasteiger partial charge in [0.25, 0.3) is 0 Å². The van der Waals surface area contributed by atoms with Crippen molar-refractivity contribution in [2.45, 2.75) is 59.3 Å². The molecule has 1 aromatic rings. The molecule has 1 heteroatoms. The monoisotopic (exact) mass is 275 g/mol. The van der Waals surface area contributed by atoms with E-state index in [1.54, 1.807) is 0 Å². The molecular formula is C19H33N. The Kier molecular flexibility index (Phi) is 9.40. The Bertz CT molecular complexity index is 312. The van der Waals surface area contributed by atoms with Crippen LogP contribution in [0.15, 0.2) is 30.3 Å². The summed E-state index contributed by atoms with van der Waals surface area (Å²) in [4.78, 5) is 2.70. The molecule has 1 nitrogen and oxygen atoms in total. The largest absolute Gasteiger partial charge is 0.303 e. The lowest BCUT2D eigenvalue weighted by molar-refractivity contribution is 0.220. The molecule has 0 heterocycles. The van der Waals surface area contributed by atoms with Crippen molar-refractivity contribution in [1.82, 2.24) is 4.90 Å². The van der Waals surface area contributed by atoms with E-state index in [-0.39, 0.29) is 0 Å². The summed E-state index contributed by atoms with van der Waals surface area (Å²) in [5.74, 6) is 0.797. The summed E-state index contributed by atoms with van der Waals surface area (Å²) in [7, 11) is 0. The van der Waals surface area contributed by atoms with Crippen LogP contribution in [0.2, 0.25) is 0 Å². The van der Waals surface area contributed by atoms with Crippen LogP contribution in [0, 0.1) is 5.92 Å². The Morgan fingerprint density at radius 2 is 1.50 bits per heavy atom. The Balaban J connectivity index is 2.48. The highest BCUT2D eigenvalue weighted by molar-refractivity contribution is 5.15. The molecule has 0 saturated heterocycles. The Morgan fingerprint density at radius 1 is 0.900 bits per heavy atom. The van der Waals surface area contributed by atoms with Gasteiger partial charge >= 0.3 is 0 Å². The predicted molar refractivity (Wildman–Crippen MR) is 90.2 cm³/mol. The molecule has 0 aliphatic heterocycles. The van der Waals surface area contributed by atoms with E-state index in [0.29, 0.717) is 0 Å². The summed E-state index contributed by atoms with van der Waals surface area (Å²) in [6.45, 7) is 10.7. The van der Waals surface area contributed by atoms with Crippen LogP contribution in [-0.2, 0) is 6.42 Å². The minimum Gasteiger partial charge on any atom is -0.303 e. The number of rotatable bonds is 11. The van der Waals surface area contributed by atoms with Crippen molar-refractivity contribution in [3.63, 3.8) is 0 Å². The molecule has 0 fully saturated rings. The first kappa shape index (κ1) is 17.2. The molecule has 1 aromatic carbocycles. The third-order valence-electron chi connectivity index (χ3n) is 4.12. The maximum atomic E-state index is 2.70. The van der Waals surface area contributed by atoms with Crippen molar-refractivity contribution < 1.29 is 0 Å². The van der Waals surface area contributed by atoms with Gasteiger partial charge in [0.05, 0.1) is 0 Å². The van der Waals surface area contributed by atoms with E-state index in [2.05, 4.69) is 56.0 Å². The second kappa shape index (κ2) is 10.9. The van der Waals surface area contributed by atoms with Crippen LogP contribution in [0.3, 0.4) is 0 Å². The highest BCUT2D eigenvalue weighted by atomic mass is 15.1. The van der Waals surface area contributed by atoms with E-state index < -0.39 is 0 Å². The minimum atomic E-state index is 0.797. The molecular weight excluding hydrogens is 242 g/mol. The molecule has 0 amide bonds. The number of benzene rings is 1. The minimum absolute atomic E-state index is 0.797. The van der Waals surface area contributed by atoms with Crippen molar-refractivity contribution in [2.24, 2.45) is 5.92 Å². The topological polar surface area (TPSA) is 3.24 Å². The first-order valence-electron chi connectivity index (χ1n) is 8.56. The van der Waals surface area contributed by atoms with Crippen molar-refractivity contribution in [3.05, 3.63) is 35.9 Å². The lowest BCUT2D eigenvalue weighted by Gasteiger charge is -2.27. The highest BCUT2D eigenvalue weighted by Gasteiger charge is 2.12. The van der Waals surface area contributed by atoms with E-state index in [1.165, 1.54) is 63.7 Å². The maximum absolute atomic E-state index is 2.70. The highest BCUT2D eigenvalue weighted by Crippen LogP contribution is 2.15. The molecule has 0 radical (unpaired) electrons. The second-order valence-electron chi connectivity index (χ2n) is 5.97. The normalized spacial score (nSPS) is 12.8. The lowest BCUT2D eigenvalue weighted by atomic mass is 9.96.